The Labute approximate surface area is 148 Å². The second kappa shape index (κ2) is 7.69. The van der Waals surface area contributed by atoms with Gasteiger partial charge in [-0.2, -0.15) is 0 Å². The summed E-state index contributed by atoms with van der Waals surface area (Å²) in [6.07, 6.45) is 4.71. The maximum absolute atomic E-state index is 12.4. The summed E-state index contributed by atoms with van der Waals surface area (Å²) in [5.41, 5.74) is 0. The van der Waals surface area contributed by atoms with Gasteiger partial charge in [0.15, 0.2) is 5.13 Å². The normalized spacial score (nSPS) is 17.6. The minimum absolute atomic E-state index is 0.125. The topological polar surface area (TPSA) is 87.2 Å². The molecule has 7 nitrogen and oxygen atoms in total. The molecule has 1 saturated heterocycles. The number of amides is 2. The highest BCUT2D eigenvalue weighted by Crippen LogP contribution is 2.20. The van der Waals surface area contributed by atoms with Crippen molar-refractivity contribution >= 4 is 45.7 Å². The highest BCUT2D eigenvalue weighted by Gasteiger charge is 2.32. The zero-order chi connectivity index (χ0) is 16.9. The third kappa shape index (κ3) is 4.28. The summed E-state index contributed by atoms with van der Waals surface area (Å²) < 4.78 is 0. The molecule has 0 aromatic carbocycles. The lowest BCUT2D eigenvalue weighted by Gasteiger charge is -2.22. The van der Waals surface area contributed by atoms with Gasteiger partial charge in [0.2, 0.25) is 11.8 Å². The molecule has 1 fully saturated rings. The number of carbonyl (C=O) groups is 2. The van der Waals surface area contributed by atoms with Gasteiger partial charge in [-0.05, 0) is 31.5 Å². The molecular weight excluding hydrogens is 350 g/mol. The minimum atomic E-state index is -0.321. The number of rotatable bonds is 5. The quantitative estimate of drug-likeness (QED) is 0.848. The van der Waals surface area contributed by atoms with Crippen LogP contribution in [0.5, 0.6) is 0 Å². The number of nitrogens with one attached hydrogen (secondary N) is 2. The van der Waals surface area contributed by atoms with Crippen molar-refractivity contribution in [3.63, 3.8) is 0 Å². The Morgan fingerprint density at radius 3 is 2.92 bits per heavy atom. The maximum atomic E-state index is 12.4. The number of halogens is 1. The number of anilines is 2. The lowest BCUT2D eigenvalue weighted by Crippen LogP contribution is -2.43. The van der Waals surface area contributed by atoms with E-state index in [1.807, 2.05) is 4.90 Å². The van der Waals surface area contributed by atoms with Gasteiger partial charge in [-0.1, -0.05) is 11.6 Å². The van der Waals surface area contributed by atoms with Gasteiger partial charge in [0.25, 0.3) is 0 Å². The summed E-state index contributed by atoms with van der Waals surface area (Å²) in [4.78, 5) is 34.5. The zero-order valence-electron chi connectivity index (χ0n) is 12.7. The van der Waals surface area contributed by atoms with Crippen LogP contribution in [0.4, 0.5) is 10.9 Å². The molecule has 0 bridgehead atoms. The first kappa shape index (κ1) is 16.8. The Hall–Kier alpha value is -2.03. The lowest BCUT2D eigenvalue weighted by atomic mass is 10.2. The smallest absolute Gasteiger partial charge is 0.243 e. The maximum Gasteiger partial charge on any atom is 0.243 e. The van der Waals surface area contributed by atoms with E-state index in [1.54, 1.807) is 23.7 Å². The molecule has 126 valence electrons. The standard InChI is InChI=1S/C15H16ClN5O2S/c16-10-3-4-12(18-8-10)19-13(22)9-21-6-1-2-11(21)14(23)20-15-17-5-7-24-15/h3-5,7-8,11H,1-2,6,9H2,(H,17,20,23)(H,18,19,22). The number of carbonyl (C=O) groups excluding carboxylic acids is 2. The number of nitrogens with zero attached hydrogens (tertiary/aromatic N) is 3. The van der Waals surface area contributed by atoms with Crippen molar-refractivity contribution in [1.29, 1.82) is 0 Å². The van der Waals surface area contributed by atoms with Crippen molar-refractivity contribution in [3.8, 4) is 0 Å². The van der Waals surface area contributed by atoms with Crippen molar-refractivity contribution in [2.75, 3.05) is 23.7 Å². The van der Waals surface area contributed by atoms with Crippen LogP contribution in [0, 0.1) is 0 Å². The van der Waals surface area contributed by atoms with Crippen molar-refractivity contribution < 1.29 is 9.59 Å². The minimum Gasteiger partial charge on any atom is -0.310 e. The second-order valence-corrected chi connectivity index (χ2v) is 6.70. The number of aromatic nitrogens is 2. The van der Waals surface area contributed by atoms with Crippen molar-refractivity contribution in [1.82, 2.24) is 14.9 Å². The Balaban J connectivity index is 1.56. The highest BCUT2D eigenvalue weighted by molar-refractivity contribution is 7.13. The molecule has 1 unspecified atom stereocenters. The van der Waals surface area contributed by atoms with Gasteiger partial charge in [-0.15, -0.1) is 11.3 Å². The number of likely N-dealkylation sites (tertiary alicyclic amines) is 1. The molecule has 2 amide bonds. The summed E-state index contributed by atoms with van der Waals surface area (Å²) in [5.74, 6) is 0.103. The highest BCUT2D eigenvalue weighted by atomic mass is 35.5. The van der Waals surface area contributed by atoms with Gasteiger partial charge in [0.1, 0.15) is 5.82 Å². The largest absolute Gasteiger partial charge is 0.310 e. The fourth-order valence-corrected chi connectivity index (χ4v) is 3.25. The van der Waals surface area contributed by atoms with Crippen LogP contribution in [0.1, 0.15) is 12.8 Å². The van der Waals surface area contributed by atoms with Crippen molar-refractivity contribution in [2.24, 2.45) is 0 Å². The van der Waals surface area contributed by atoms with E-state index in [0.29, 0.717) is 22.5 Å². The fourth-order valence-electron chi connectivity index (χ4n) is 2.60. The molecule has 9 heteroatoms. The van der Waals surface area contributed by atoms with E-state index < -0.39 is 0 Å². The average molecular weight is 366 g/mol. The Kier molecular flexibility index (Phi) is 5.39. The predicted molar refractivity (Wildman–Crippen MR) is 93.2 cm³/mol. The van der Waals surface area contributed by atoms with Gasteiger partial charge in [-0.3, -0.25) is 14.5 Å². The first-order chi connectivity index (χ1) is 11.6. The molecule has 2 aromatic rings. The number of hydrogen-bond donors (Lipinski definition) is 2. The Morgan fingerprint density at radius 1 is 1.33 bits per heavy atom. The molecular formula is C15H16ClN5O2S. The van der Waals surface area contributed by atoms with E-state index in [9.17, 15) is 9.59 Å². The Morgan fingerprint density at radius 2 is 2.21 bits per heavy atom. The molecule has 3 rings (SSSR count). The van der Waals surface area contributed by atoms with E-state index >= 15 is 0 Å². The summed E-state index contributed by atoms with van der Waals surface area (Å²) in [7, 11) is 0. The van der Waals surface area contributed by atoms with E-state index in [2.05, 4.69) is 20.6 Å². The molecule has 0 saturated carbocycles. The summed E-state index contributed by atoms with van der Waals surface area (Å²) >= 11 is 7.13. The molecule has 24 heavy (non-hydrogen) atoms. The molecule has 2 N–H and O–H groups in total. The van der Waals surface area contributed by atoms with E-state index in [0.717, 1.165) is 12.8 Å². The van der Waals surface area contributed by atoms with Gasteiger partial charge >= 0.3 is 0 Å². The summed E-state index contributed by atoms with van der Waals surface area (Å²) in [6, 6.07) is 2.97. The lowest BCUT2D eigenvalue weighted by molar-refractivity contribution is -0.122. The monoisotopic (exact) mass is 365 g/mol. The summed E-state index contributed by atoms with van der Waals surface area (Å²) in [5, 5.41) is 8.38. The fraction of sp³-hybridized carbons (Fsp3) is 0.333. The average Bonchev–Trinajstić information content (AvgIpc) is 3.21. The first-order valence-electron chi connectivity index (χ1n) is 7.47. The molecule has 1 atom stereocenters. The molecule has 0 radical (unpaired) electrons. The number of hydrogen-bond acceptors (Lipinski definition) is 6. The van der Waals surface area contributed by atoms with Gasteiger partial charge < -0.3 is 10.6 Å². The first-order valence-corrected chi connectivity index (χ1v) is 8.73. The molecule has 3 heterocycles. The van der Waals surface area contributed by atoms with Gasteiger partial charge in [0, 0.05) is 17.8 Å². The second-order valence-electron chi connectivity index (χ2n) is 5.36. The number of pyridine rings is 1. The number of thiazole rings is 1. The SMILES string of the molecule is O=C(CN1CCCC1C(=O)Nc1nccs1)Nc1ccc(Cl)cn1. The molecule has 2 aromatic heterocycles. The van der Waals surface area contributed by atoms with Gasteiger partial charge in [-0.25, -0.2) is 9.97 Å². The van der Waals surface area contributed by atoms with E-state index in [4.69, 9.17) is 11.6 Å². The van der Waals surface area contributed by atoms with Crippen molar-refractivity contribution in [2.45, 2.75) is 18.9 Å². The van der Waals surface area contributed by atoms with Crippen LogP contribution in [0.25, 0.3) is 0 Å². The third-order valence-electron chi connectivity index (χ3n) is 3.67. The molecule has 1 aliphatic heterocycles. The van der Waals surface area contributed by atoms with Gasteiger partial charge in [0.05, 0.1) is 17.6 Å². The van der Waals surface area contributed by atoms with Crippen LogP contribution in [-0.4, -0.2) is 45.8 Å². The molecule has 0 spiro atoms. The van der Waals surface area contributed by atoms with Crippen LogP contribution in [-0.2, 0) is 9.59 Å². The van der Waals surface area contributed by atoms with Crippen molar-refractivity contribution in [3.05, 3.63) is 34.9 Å². The Bertz CT molecular complexity index is 707. The third-order valence-corrected chi connectivity index (χ3v) is 4.58. The molecule has 0 aliphatic carbocycles. The zero-order valence-corrected chi connectivity index (χ0v) is 14.3. The van der Waals surface area contributed by atoms with Crippen LogP contribution in [0.3, 0.4) is 0 Å². The van der Waals surface area contributed by atoms with E-state index in [1.165, 1.54) is 17.5 Å². The summed E-state index contributed by atoms with van der Waals surface area (Å²) in [6.45, 7) is 0.845. The predicted octanol–water partition coefficient (Wildman–Crippen LogP) is 2.23. The van der Waals surface area contributed by atoms with Crippen LogP contribution < -0.4 is 10.6 Å². The van der Waals surface area contributed by atoms with Crippen LogP contribution in [0.15, 0.2) is 29.9 Å². The molecule has 1 aliphatic rings. The van der Waals surface area contributed by atoms with Crippen LogP contribution in [0.2, 0.25) is 5.02 Å². The van der Waals surface area contributed by atoms with Crippen LogP contribution >= 0.6 is 22.9 Å². The van der Waals surface area contributed by atoms with E-state index in [-0.39, 0.29) is 24.4 Å².